The Bertz CT molecular complexity index is 224. The highest BCUT2D eigenvalue weighted by atomic mass is 16.2. The number of rotatable bonds is 2. The molecule has 2 fully saturated rings. The highest BCUT2D eigenvalue weighted by Gasteiger charge is 2.28. The molecule has 2 unspecified atom stereocenters. The van der Waals surface area contributed by atoms with Crippen LogP contribution >= 0.6 is 0 Å². The van der Waals surface area contributed by atoms with E-state index in [1.54, 1.807) is 0 Å². The van der Waals surface area contributed by atoms with Gasteiger partial charge in [-0.25, -0.2) is 0 Å². The minimum absolute atomic E-state index is 0.0755. The number of carbonyl (C=O) groups is 1. The van der Waals surface area contributed by atoms with E-state index in [4.69, 9.17) is 0 Å². The third kappa shape index (κ3) is 2.71. The smallest absolute Gasteiger partial charge is 0.237 e. The minimum Gasteiger partial charge on any atom is -0.352 e. The normalized spacial score (nSPS) is 36.5. The van der Waals surface area contributed by atoms with Crippen LogP contribution < -0.4 is 10.6 Å². The fraction of sp³-hybridized carbons (Fsp3) is 0.917. The summed E-state index contributed by atoms with van der Waals surface area (Å²) in [7, 11) is 0. The number of amides is 1. The first-order valence-electron chi connectivity index (χ1n) is 6.31. The third-order valence-electron chi connectivity index (χ3n) is 3.82. The summed E-state index contributed by atoms with van der Waals surface area (Å²) in [6, 6.07) is 0.507. The molecular weight excluding hydrogens is 188 g/mol. The van der Waals surface area contributed by atoms with Gasteiger partial charge in [0.1, 0.15) is 0 Å². The van der Waals surface area contributed by atoms with Gasteiger partial charge in [0.15, 0.2) is 0 Å². The highest BCUT2D eigenvalue weighted by molar-refractivity contribution is 5.82. The van der Waals surface area contributed by atoms with E-state index in [0.717, 1.165) is 13.0 Å². The van der Waals surface area contributed by atoms with Gasteiger partial charge in [0.05, 0.1) is 6.04 Å². The van der Waals surface area contributed by atoms with E-state index in [-0.39, 0.29) is 11.9 Å². The van der Waals surface area contributed by atoms with Gasteiger partial charge in [-0.3, -0.25) is 4.79 Å². The molecule has 2 N–H and O–H groups in total. The fourth-order valence-electron chi connectivity index (χ4n) is 2.72. The number of nitrogens with one attached hydrogen (secondary N) is 2. The summed E-state index contributed by atoms with van der Waals surface area (Å²) in [6.07, 6.45) is 7.11. The van der Waals surface area contributed by atoms with Crippen molar-refractivity contribution < 1.29 is 4.79 Å². The quantitative estimate of drug-likeness (QED) is 0.724. The van der Waals surface area contributed by atoms with E-state index < -0.39 is 0 Å². The Balaban J connectivity index is 1.80. The summed E-state index contributed by atoms with van der Waals surface area (Å²) in [5.41, 5.74) is 0. The molecule has 1 aliphatic carbocycles. The molecule has 0 spiro atoms. The third-order valence-corrected chi connectivity index (χ3v) is 3.82. The Morgan fingerprint density at radius 2 is 2.07 bits per heavy atom. The Kier molecular flexibility index (Phi) is 3.62. The van der Waals surface area contributed by atoms with Gasteiger partial charge in [-0.1, -0.05) is 19.8 Å². The van der Waals surface area contributed by atoms with Gasteiger partial charge < -0.3 is 10.6 Å². The lowest BCUT2D eigenvalue weighted by molar-refractivity contribution is -0.124. The predicted octanol–water partition coefficient (Wildman–Crippen LogP) is 1.43. The first-order valence-corrected chi connectivity index (χ1v) is 6.31. The number of carbonyl (C=O) groups excluding carboxylic acids is 1. The van der Waals surface area contributed by atoms with Crippen LogP contribution in [0, 0.1) is 5.92 Å². The monoisotopic (exact) mass is 210 g/mol. The molecule has 86 valence electrons. The molecule has 0 aromatic carbocycles. The second-order valence-electron chi connectivity index (χ2n) is 5.03. The maximum Gasteiger partial charge on any atom is 0.237 e. The zero-order chi connectivity index (χ0) is 10.7. The first-order chi connectivity index (χ1) is 7.27. The zero-order valence-corrected chi connectivity index (χ0v) is 9.59. The summed E-state index contributed by atoms with van der Waals surface area (Å²) in [5.74, 6) is 0.894. The zero-order valence-electron chi connectivity index (χ0n) is 9.59. The lowest BCUT2D eigenvalue weighted by Gasteiger charge is -2.25. The molecule has 1 saturated carbocycles. The summed E-state index contributed by atoms with van der Waals surface area (Å²) >= 11 is 0. The summed E-state index contributed by atoms with van der Waals surface area (Å²) < 4.78 is 0. The van der Waals surface area contributed by atoms with Gasteiger partial charge in [-0.05, 0) is 38.1 Å². The van der Waals surface area contributed by atoms with Crippen molar-refractivity contribution in [2.75, 3.05) is 6.54 Å². The number of piperidine rings is 1. The van der Waals surface area contributed by atoms with Gasteiger partial charge in [0.2, 0.25) is 5.91 Å². The molecule has 3 heteroatoms. The van der Waals surface area contributed by atoms with Crippen LogP contribution in [0.15, 0.2) is 0 Å². The van der Waals surface area contributed by atoms with Crippen molar-refractivity contribution in [2.45, 2.75) is 57.5 Å². The maximum absolute atomic E-state index is 11.9. The van der Waals surface area contributed by atoms with Crippen molar-refractivity contribution in [1.82, 2.24) is 10.6 Å². The van der Waals surface area contributed by atoms with Crippen LogP contribution in [0.4, 0.5) is 0 Å². The minimum atomic E-state index is 0.0755. The second kappa shape index (κ2) is 4.97. The van der Waals surface area contributed by atoms with E-state index in [9.17, 15) is 4.79 Å². The molecule has 1 aliphatic heterocycles. The highest BCUT2D eigenvalue weighted by Crippen LogP contribution is 2.25. The molecule has 0 aromatic heterocycles. The fourth-order valence-corrected chi connectivity index (χ4v) is 2.72. The van der Waals surface area contributed by atoms with Crippen LogP contribution in [0.25, 0.3) is 0 Å². The lowest BCUT2D eigenvalue weighted by Crippen LogP contribution is -2.50. The van der Waals surface area contributed by atoms with Crippen LogP contribution in [0.2, 0.25) is 0 Å². The molecule has 1 saturated heterocycles. The maximum atomic E-state index is 11.9. The molecule has 2 aliphatic rings. The molecule has 3 atom stereocenters. The van der Waals surface area contributed by atoms with Crippen molar-refractivity contribution in [3.05, 3.63) is 0 Å². The summed E-state index contributed by atoms with van der Waals surface area (Å²) in [4.78, 5) is 11.9. The summed E-state index contributed by atoms with van der Waals surface area (Å²) in [6.45, 7) is 3.24. The summed E-state index contributed by atoms with van der Waals surface area (Å²) in [5, 5.41) is 6.49. The molecule has 2 rings (SSSR count). The Morgan fingerprint density at radius 3 is 2.67 bits per heavy atom. The van der Waals surface area contributed by atoms with Crippen molar-refractivity contribution in [3.8, 4) is 0 Å². The van der Waals surface area contributed by atoms with Crippen LogP contribution in [0.3, 0.4) is 0 Å². The lowest BCUT2D eigenvalue weighted by atomic mass is 10.0. The van der Waals surface area contributed by atoms with E-state index in [1.807, 2.05) is 0 Å². The van der Waals surface area contributed by atoms with Crippen molar-refractivity contribution in [3.63, 3.8) is 0 Å². The largest absolute Gasteiger partial charge is 0.352 e. The van der Waals surface area contributed by atoms with Gasteiger partial charge in [-0.15, -0.1) is 0 Å². The van der Waals surface area contributed by atoms with Crippen LogP contribution in [0.1, 0.15) is 45.4 Å². The van der Waals surface area contributed by atoms with E-state index in [1.165, 1.54) is 32.1 Å². The van der Waals surface area contributed by atoms with E-state index in [0.29, 0.717) is 12.0 Å². The van der Waals surface area contributed by atoms with E-state index >= 15 is 0 Å². The molecule has 0 bridgehead atoms. The number of hydrogen-bond acceptors (Lipinski definition) is 2. The molecule has 0 aromatic rings. The van der Waals surface area contributed by atoms with Crippen LogP contribution in [0.5, 0.6) is 0 Å². The predicted molar refractivity (Wildman–Crippen MR) is 60.6 cm³/mol. The average molecular weight is 210 g/mol. The average Bonchev–Trinajstić information content (AvgIpc) is 2.66. The standard InChI is InChI=1S/C12H22N2O/c1-9-5-4-7-10(9)14-12(15)11-6-2-3-8-13-11/h9-11,13H,2-8H2,1H3,(H,14,15)/t9?,10?,11-/m1/s1. The SMILES string of the molecule is CC1CCCC1NC(=O)[C@H]1CCCCN1. The molecule has 1 heterocycles. The van der Waals surface area contributed by atoms with Crippen molar-refractivity contribution in [2.24, 2.45) is 5.92 Å². The second-order valence-corrected chi connectivity index (χ2v) is 5.03. The molecule has 0 radical (unpaired) electrons. The van der Waals surface area contributed by atoms with Gasteiger partial charge in [0, 0.05) is 6.04 Å². The molecule has 3 nitrogen and oxygen atoms in total. The van der Waals surface area contributed by atoms with Crippen LogP contribution in [-0.2, 0) is 4.79 Å². The van der Waals surface area contributed by atoms with Crippen molar-refractivity contribution >= 4 is 5.91 Å². The van der Waals surface area contributed by atoms with Gasteiger partial charge >= 0.3 is 0 Å². The molecule has 15 heavy (non-hydrogen) atoms. The molecule has 1 amide bonds. The topological polar surface area (TPSA) is 41.1 Å². The van der Waals surface area contributed by atoms with Gasteiger partial charge in [0.25, 0.3) is 0 Å². The first kappa shape index (κ1) is 10.9. The van der Waals surface area contributed by atoms with E-state index in [2.05, 4.69) is 17.6 Å². The van der Waals surface area contributed by atoms with Crippen molar-refractivity contribution in [1.29, 1.82) is 0 Å². The van der Waals surface area contributed by atoms with Crippen LogP contribution in [-0.4, -0.2) is 24.5 Å². The van der Waals surface area contributed by atoms with Gasteiger partial charge in [-0.2, -0.15) is 0 Å². The number of hydrogen-bond donors (Lipinski definition) is 2. The molecular formula is C12H22N2O. The Labute approximate surface area is 92.0 Å². The Hall–Kier alpha value is -0.570. The Morgan fingerprint density at radius 1 is 1.20 bits per heavy atom.